The molecule has 4 N–H and O–H groups in total. The zero-order valence-electron chi connectivity index (χ0n) is 18.8. The fourth-order valence-electron chi connectivity index (χ4n) is 4.79. The maximum absolute atomic E-state index is 13.0. The molecule has 2 aliphatic rings. The van der Waals surface area contributed by atoms with Gasteiger partial charge in [-0.3, -0.25) is 14.4 Å². The Hall–Kier alpha value is -3.82. The highest BCUT2D eigenvalue weighted by Crippen LogP contribution is 2.40. The monoisotopic (exact) mass is 482 g/mol. The number of alkyl halides is 3. The number of benzene rings is 2. The number of hydrogen-bond donors (Lipinski definition) is 3. The van der Waals surface area contributed by atoms with Gasteiger partial charge < -0.3 is 16.4 Å². The molecule has 3 aromatic rings. The largest absolute Gasteiger partial charge is 0.416 e. The minimum absolute atomic E-state index is 0.141. The number of aliphatic imine (C=N–C) groups is 1. The number of rotatable bonds is 5. The lowest BCUT2D eigenvalue weighted by Gasteiger charge is -2.18. The number of nitrogens with two attached hydrogens (primary N) is 1. The third kappa shape index (κ3) is 4.60. The summed E-state index contributed by atoms with van der Waals surface area (Å²) in [7, 11) is 0. The molecular formula is C25H25F3N6O. The molecule has 1 aromatic heterocycles. The maximum atomic E-state index is 13.0. The number of nitrogen functional groups attached to an aromatic ring is 1. The van der Waals surface area contributed by atoms with Crippen molar-refractivity contribution in [3.8, 4) is 0 Å². The van der Waals surface area contributed by atoms with E-state index < -0.39 is 17.3 Å². The normalized spacial score (nSPS) is 19.2. The van der Waals surface area contributed by atoms with Gasteiger partial charge in [0.15, 0.2) is 0 Å². The Labute approximate surface area is 199 Å². The number of nitrogens with zero attached hydrogens (tertiary/aromatic N) is 3. The highest BCUT2D eigenvalue weighted by molar-refractivity contribution is 6.10. The lowest BCUT2D eigenvalue weighted by molar-refractivity contribution is -0.137. The summed E-state index contributed by atoms with van der Waals surface area (Å²) in [5.41, 5.74) is 6.98. The molecule has 2 heterocycles. The summed E-state index contributed by atoms with van der Waals surface area (Å²) in [6.07, 6.45) is -0.974. The number of halogens is 3. The van der Waals surface area contributed by atoms with Gasteiger partial charge in [0.25, 0.3) is 5.56 Å². The van der Waals surface area contributed by atoms with Crippen molar-refractivity contribution in [1.29, 1.82) is 0 Å². The molecule has 0 spiro atoms. The van der Waals surface area contributed by atoms with Crippen LogP contribution in [0.1, 0.15) is 42.0 Å². The van der Waals surface area contributed by atoms with Crippen LogP contribution in [0.5, 0.6) is 0 Å². The van der Waals surface area contributed by atoms with Crippen LogP contribution >= 0.6 is 0 Å². The molecule has 2 atom stereocenters. The molecule has 0 bridgehead atoms. The summed E-state index contributed by atoms with van der Waals surface area (Å²) in [4.78, 5) is 21.9. The van der Waals surface area contributed by atoms with Crippen molar-refractivity contribution in [1.82, 2.24) is 9.55 Å². The third-order valence-electron chi connectivity index (χ3n) is 6.52. The van der Waals surface area contributed by atoms with Crippen LogP contribution in [0.4, 0.5) is 30.6 Å². The molecule has 0 amide bonds. The number of hydrogen-bond acceptors (Lipinski definition) is 5. The molecule has 1 aliphatic heterocycles. The number of amidine groups is 1. The van der Waals surface area contributed by atoms with E-state index in [-0.39, 0.29) is 30.0 Å². The topological polar surface area (TPSA) is 97.3 Å². The van der Waals surface area contributed by atoms with Crippen molar-refractivity contribution in [3.63, 3.8) is 0 Å². The first-order chi connectivity index (χ1) is 16.8. The van der Waals surface area contributed by atoms with Crippen molar-refractivity contribution in [2.75, 3.05) is 22.9 Å². The van der Waals surface area contributed by atoms with Crippen LogP contribution in [-0.2, 0) is 12.6 Å². The molecule has 35 heavy (non-hydrogen) atoms. The smallest absolute Gasteiger partial charge is 0.384 e. The molecule has 0 saturated heterocycles. The molecular weight excluding hydrogens is 457 g/mol. The fourth-order valence-corrected chi connectivity index (χ4v) is 4.79. The van der Waals surface area contributed by atoms with Gasteiger partial charge in [-0.15, -0.1) is 0 Å². The lowest BCUT2D eigenvalue weighted by Crippen LogP contribution is -2.30. The van der Waals surface area contributed by atoms with Crippen LogP contribution < -0.4 is 21.9 Å². The van der Waals surface area contributed by atoms with E-state index in [2.05, 4.69) is 20.6 Å². The lowest BCUT2D eigenvalue weighted by atomic mass is 10.1. The first-order valence-corrected chi connectivity index (χ1v) is 11.5. The van der Waals surface area contributed by atoms with E-state index in [0.29, 0.717) is 23.8 Å². The number of aromatic nitrogens is 2. The molecule has 1 fully saturated rings. The Bertz CT molecular complexity index is 1300. The molecule has 0 unspecified atom stereocenters. The van der Waals surface area contributed by atoms with Crippen molar-refractivity contribution in [3.05, 3.63) is 81.6 Å². The fraction of sp³-hybridized carbons (Fsp3) is 0.320. The highest BCUT2D eigenvalue weighted by atomic mass is 19.4. The number of para-hydroxylation sites is 1. The Morgan fingerprint density at radius 3 is 2.60 bits per heavy atom. The standard InChI is InChI=1S/C25H25F3N6O/c26-25(27,28)16-11-9-15(10-12-16)13-14-30-22(31-17-5-2-1-3-6-17)20-21(29)34-19-8-4-7-18(19)32-24(34)33-23(20)35/h1-3,5-6,9-12,18-19H,4,7-8,13-14,29H2,(H,30,31)(H,32,33,35)/t18-,19+/m1/s1. The van der Waals surface area contributed by atoms with Crippen LogP contribution in [0.15, 0.2) is 64.4 Å². The van der Waals surface area contributed by atoms with Gasteiger partial charge in [-0.2, -0.15) is 18.2 Å². The average Bonchev–Trinajstić information content (AvgIpc) is 3.40. The molecule has 1 aliphatic carbocycles. The van der Waals surface area contributed by atoms with Gasteiger partial charge in [0.2, 0.25) is 5.95 Å². The molecule has 182 valence electrons. The van der Waals surface area contributed by atoms with Crippen molar-refractivity contribution in [2.24, 2.45) is 4.99 Å². The number of nitrogens with one attached hydrogen (secondary N) is 2. The zero-order valence-corrected chi connectivity index (χ0v) is 18.8. The Morgan fingerprint density at radius 1 is 1.14 bits per heavy atom. The highest BCUT2D eigenvalue weighted by Gasteiger charge is 2.38. The van der Waals surface area contributed by atoms with Gasteiger partial charge in [0.1, 0.15) is 17.2 Å². The number of fused-ring (bicyclic) bond motifs is 3. The van der Waals surface area contributed by atoms with Crippen LogP contribution in [0.3, 0.4) is 0 Å². The second kappa shape index (κ2) is 9.09. The first kappa shape index (κ1) is 22.9. The van der Waals surface area contributed by atoms with Crippen molar-refractivity contribution >= 4 is 23.3 Å². The predicted molar refractivity (Wildman–Crippen MR) is 130 cm³/mol. The van der Waals surface area contributed by atoms with Gasteiger partial charge >= 0.3 is 6.18 Å². The van der Waals surface area contributed by atoms with Crippen LogP contribution in [0.2, 0.25) is 0 Å². The van der Waals surface area contributed by atoms with Crippen LogP contribution in [-0.4, -0.2) is 28.0 Å². The zero-order chi connectivity index (χ0) is 24.6. The summed E-state index contributed by atoms with van der Waals surface area (Å²) < 4.78 is 40.4. The van der Waals surface area contributed by atoms with E-state index in [1.165, 1.54) is 12.1 Å². The summed E-state index contributed by atoms with van der Waals surface area (Å²) in [5.74, 6) is 1.07. The second-order valence-corrected chi connectivity index (χ2v) is 8.79. The van der Waals surface area contributed by atoms with Crippen LogP contribution in [0.25, 0.3) is 0 Å². The van der Waals surface area contributed by atoms with E-state index in [4.69, 9.17) is 5.73 Å². The molecule has 10 heteroatoms. The van der Waals surface area contributed by atoms with E-state index in [0.717, 1.165) is 37.1 Å². The Morgan fingerprint density at radius 2 is 1.89 bits per heavy atom. The summed E-state index contributed by atoms with van der Waals surface area (Å²) in [5, 5.41) is 6.50. The molecule has 2 aromatic carbocycles. The van der Waals surface area contributed by atoms with Gasteiger partial charge in [-0.1, -0.05) is 30.3 Å². The number of anilines is 3. The molecule has 1 saturated carbocycles. The average molecular weight is 483 g/mol. The van der Waals surface area contributed by atoms with Gasteiger partial charge in [0.05, 0.1) is 11.6 Å². The predicted octanol–water partition coefficient (Wildman–Crippen LogP) is 4.46. The molecule has 5 rings (SSSR count). The SMILES string of the molecule is Nc1c(C(=NCCc2ccc(C(F)(F)F)cc2)Nc2ccccc2)c(=O)nc2n1[C@H]1CCC[C@H]1N2. The van der Waals surface area contributed by atoms with Crippen molar-refractivity contribution in [2.45, 2.75) is 43.9 Å². The minimum Gasteiger partial charge on any atom is -0.384 e. The second-order valence-electron chi connectivity index (χ2n) is 8.79. The van der Waals surface area contributed by atoms with E-state index in [1.807, 2.05) is 34.9 Å². The summed E-state index contributed by atoms with van der Waals surface area (Å²) in [6, 6.07) is 14.6. The Kier molecular flexibility index (Phi) is 5.96. The third-order valence-corrected chi connectivity index (χ3v) is 6.52. The van der Waals surface area contributed by atoms with Crippen molar-refractivity contribution < 1.29 is 13.2 Å². The van der Waals surface area contributed by atoms with Gasteiger partial charge in [-0.25, -0.2) is 0 Å². The maximum Gasteiger partial charge on any atom is 0.416 e. The van der Waals surface area contributed by atoms with Gasteiger partial charge in [-0.05, 0) is 55.5 Å². The van der Waals surface area contributed by atoms with E-state index >= 15 is 0 Å². The quantitative estimate of drug-likeness (QED) is 0.368. The Balaban J connectivity index is 1.46. The first-order valence-electron chi connectivity index (χ1n) is 11.5. The van der Waals surface area contributed by atoms with E-state index in [1.54, 1.807) is 0 Å². The van der Waals surface area contributed by atoms with E-state index in [9.17, 15) is 18.0 Å². The summed E-state index contributed by atoms with van der Waals surface area (Å²) >= 11 is 0. The van der Waals surface area contributed by atoms with Crippen LogP contribution in [0, 0.1) is 0 Å². The molecule has 0 radical (unpaired) electrons. The molecule has 7 nitrogen and oxygen atoms in total. The summed E-state index contributed by atoms with van der Waals surface area (Å²) in [6.45, 7) is 0.242. The minimum atomic E-state index is -4.38. The van der Waals surface area contributed by atoms with Gasteiger partial charge in [0, 0.05) is 18.3 Å².